The Bertz CT molecular complexity index is 1800. The molecule has 2 aromatic heterocycles. The third-order valence-corrected chi connectivity index (χ3v) is 7.69. The fraction of sp³-hybridized carbons (Fsp3) is 0.125. The van der Waals surface area contributed by atoms with Gasteiger partial charge >= 0.3 is 5.97 Å². The minimum Gasteiger partial charge on any atom is -0.497 e. The average Bonchev–Trinajstić information content (AvgIpc) is 3.35. The van der Waals surface area contributed by atoms with Gasteiger partial charge in [0.05, 0.1) is 36.9 Å². The number of ether oxygens (including phenoxy) is 3. The summed E-state index contributed by atoms with van der Waals surface area (Å²) in [6.45, 7) is 1.57. The van der Waals surface area contributed by atoms with Gasteiger partial charge in [0.25, 0.3) is 5.91 Å². The first kappa shape index (κ1) is 28.3. The molecule has 1 amide bonds. The number of hydrogen-bond donors (Lipinski definition) is 2. The van der Waals surface area contributed by atoms with Gasteiger partial charge in [-0.25, -0.2) is 9.78 Å². The standard InChI is InChI=1S/C32H27N3O6S/c1-18-4-6-19(7-5-18)24-14-13-23-28(33)29(42-31(23)35-24)30(37)34-25-16-21(10-15-27(25)40-3)32(38)41-17-26(36)20-8-11-22(39-2)12-9-20/h4-16H,17,33H2,1-3H3,(H,34,37). The number of aryl methyl sites for hydroxylation is 1. The molecule has 0 aliphatic rings. The van der Waals surface area contributed by atoms with E-state index in [1.54, 1.807) is 24.3 Å². The Morgan fingerprint density at radius 1 is 0.881 bits per heavy atom. The molecule has 5 aromatic rings. The smallest absolute Gasteiger partial charge is 0.338 e. The second-order valence-electron chi connectivity index (χ2n) is 9.36. The maximum Gasteiger partial charge on any atom is 0.338 e. The molecule has 10 heteroatoms. The number of methoxy groups -OCH3 is 2. The molecule has 0 saturated heterocycles. The van der Waals surface area contributed by atoms with Crippen molar-refractivity contribution in [2.24, 2.45) is 0 Å². The number of anilines is 2. The Kier molecular flexibility index (Phi) is 8.16. The maximum absolute atomic E-state index is 13.3. The van der Waals surface area contributed by atoms with Crippen molar-refractivity contribution in [2.45, 2.75) is 6.92 Å². The highest BCUT2D eigenvalue weighted by atomic mass is 32.1. The highest BCUT2D eigenvalue weighted by Gasteiger charge is 2.21. The van der Waals surface area contributed by atoms with E-state index in [0.717, 1.165) is 16.8 Å². The highest BCUT2D eigenvalue weighted by molar-refractivity contribution is 7.21. The summed E-state index contributed by atoms with van der Waals surface area (Å²) < 4.78 is 15.7. The molecule has 0 unspecified atom stereocenters. The van der Waals surface area contributed by atoms with Gasteiger partial charge < -0.3 is 25.3 Å². The molecule has 42 heavy (non-hydrogen) atoms. The van der Waals surface area contributed by atoms with Crippen molar-refractivity contribution in [1.29, 1.82) is 0 Å². The lowest BCUT2D eigenvalue weighted by atomic mass is 10.1. The van der Waals surface area contributed by atoms with Gasteiger partial charge in [0.2, 0.25) is 0 Å². The number of nitrogens with zero attached hydrogens (tertiary/aromatic N) is 1. The lowest BCUT2D eigenvalue weighted by molar-refractivity contribution is 0.0474. The van der Waals surface area contributed by atoms with Crippen molar-refractivity contribution < 1.29 is 28.6 Å². The van der Waals surface area contributed by atoms with Crippen molar-refractivity contribution in [3.8, 4) is 22.8 Å². The number of thiophene rings is 1. The van der Waals surface area contributed by atoms with Gasteiger partial charge in [-0.15, -0.1) is 11.3 Å². The van der Waals surface area contributed by atoms with E-state index >= 15 is 0 Å². The van der Waals surface area contributed by atoms with Crippen LogP contribution in [0.1, 0.15) is 36.0 Å². The number of amides is 1. The summed E-state index contributed by atoms with van der Waals surface area (Å²) in [5, 5.41) is 3.45. The largest absolute Gasteiger partial charge is 0.497 e. The van der Waals surface area contributed by atoms with Crippen LogP contribution in [0, 0.1) is 6.92 Å². The molecule has 0 aliphatic carbocycles. The number of rotatable bonds is 9. The van der Waals surface area contributed by atoms with Gasteiger partial charge in [-0.05, 0) is 61.5 Å². The number of aromatic nitrogens is 1. The Morgan fingerprint density at radius 2 is 1.60 bits per heavy atom. The predicted molar refractivity (Wildman–Crippen MR) is 163 cm³/mol. The van der Waals surface area contributed by atoms with Crippen LogP contribution in [0.4, 0.5) is 11.4 Å². The first-order valence-electron chi connectivity index (χ1n) is 12.9. The van der Waals surface area contributed by atoms with Gasteiger partial charge in [0.15, 0.2) is 12.4 Å². The second kappa shape index (κ2) is 12.1. The van der Waals surface area contributed by atoms with Crippen LogP contribution in [-0.2, 0) is 4.74 Å². The number of nitrogens with two attached hydrogens (primary N) is 1. The second-order valence-corrected chi connectivity index (χ2v) is 10.4. The van der Waals surface area contributed by atoms with Crippen molar-refractivity contribution >= 4 is 50.6 Å². The summed E-state index contributed by atoms with van der Waals surface area (Å²) in [7, 11) is 2.97. The summed E-state index contributed by atoms with van der Waals surface area (Å²) in [5.41, 5.74) is 10.3. The Hall–Kier alpha value is -5.22. The van der Waals surface area contributed by atoms with Gasteiger partial charge in [-0.1, -0.05) is 29.8 Å². The molecular formula is C32H27N3O6S. The summed E-state index contributed by atoms with van der Waals surface area (Å²) in [6.07, 6.45) is 0. The zero-order valence-electron chi connectivity index (χ0n) is 23.1. The highest BCUT2D eigenvalue weighted by Crippen LogP contribution is 2.35. The minimum atomic E-state index is -0.732. The molecule has 0 radical (unpaired) electrons. The molecule has 0 fully saturated rings. The van der Waals surface area contributed by atoms with Crippen molar-refractivity contribution in [2.75, 3.05) is 31.9 Å². The molecule has 3 aromatic carbocycles. The van der Waals surface area contributed by atoms with E-state index in [0.29, 0.717) is 33.0 Å². The molecular weight excluding hydrogens is 554 g/mol. The molecule has 0 aliphatic heterocycles. The predicted octanol–water partition coefficient (Wildman–Crippen LogP) is 6.16. The number of benzene rings is 3. The van der Waals surface area contributed by atoms with Crippen LogP contribution >= 0.6 is 11.3 Å². The molecule has 212 valence electrons. The number of carbonyl (C=O) groups is 3. The minimum absolute atomic E-state index is 0.127. The molecule has 0 bridgehead atoms. The Morgan fingerprint density at radius 3 is 2.29 bits per heavy atom. The van der Waals surface area contributed by atoms with E-state index in [2.05, 4.69) is 5.32 Å². The van der Waals surface area contributed by atoms with Crippen molar-refractivity contribution in [1.82, 2.24) is 4.98 Å². The van der Waals surface area contributed by atoms with Crippen LogP contribution in [0.25, 0.3) is 21.5 Å². The third kappa shape index (κ3) is 5.93. The van der Waals surface area contributed by atoms with Crippen LogP contribution in [0.15, 0.2) is 78.9 Å². The molecule has 0 spiro atoms. The number of nitrogen functional groups attached to an aromatic ring is 1. The molecule has 5 rings (SSSR count). The van der Waals surface area contributed by atoms with E-state index in [1.165, 1.54) is 43.8 Å². The summed E-state index contributed by atoms with van der Waals surface area (Å²) in [5.74, 6) is -0.645. The monoisotopic (exact) mass is 581 g/mol. The number of ketones is 1. The van der Waals surface area contributed by atoms with Crippen LogP contribution in [0.3, 0.4) is 0 Å². The van der Waals surface area contributed by atoms with E-state index in [1.807, 2.05) is 43.3 Å². The number of esters is 1. The Balaban J connectivity index is 1.32. The van der Waals surface area contributed by atoms with E-state index < -0.39 is 18.5 Å². The van der Waals surface area contributed by atoms with Crippen LogP contribution < -0.4 is 20.5 Å². The molecule has 9 nitrogen and oxygen atoms in total. The molecule has 2 heterocycles. The van der Waals surface area contributed by atoms with E-state index in [4.69, 9.17) is 24.9 Å². The lowest BCUT2D eigenvalue weighted by Gasteiger charge is -2.12. The summed E-state index contributed by atoms with van der Waals surface area (Å²) in [6, 6.07) is 22.7. The normalized spacial score (nSPS) is 10.7. The molecule has 0 atom stereocenters. The first-order chi connectivity index (χ1) is 20.3. The molecule has 3 N–H and O–H groups in total. The van der Waals surface area contributed by atoms with Crippen molar-refractivity contribution in [3.05, 3.63) is 100 Å². The van der Waals surface area contributed by atoms with Crippen LogP contribution in [-0.4, -0.2) is 43.5 Å². The van der Waals surface area contributed by atoms with Gasteiger partial charge in [-0.3, -0.25) is 9.59 Å². The quantitative estimate of drug-likeness (QED) is 0.156. The number of Topliss-reactive ketones (excluding diaryl/α,β-unsaturated/α-hetero) is 1. The number of nitrogens with one attached hydrogen (secondary N) is 1. The molecule has 0 saturated carbocycles. The maximum atomic E-state index is 13.3. The van der Waals surface area contributed by atoms with Gasteiger partial charge in [0.1, 0.15) is 21.2 Å². The number of pyridine rings is 1. The van der Waals surface area contributed by atoms with Gasteiger partial charge in [0, 0.05) is 16.5 Å². The Labute approximate surface area is 245 Å². The fourth-order valence-corrected chi connectivity index (χ4v) is 5.23. The van der Waals surface area contributed by atoms with Gasteiger partial charge in [-0.2, -0.15) is 0 Å². The van der Waals surface area contributed by atoms with Crippen LogP contribution in [0.5, 0.6) is 11.5 Å². The number of fused-ring (bicyclic) bond motifs is 1. The number of carbonyl (C=O) groups excluding carboxylic acids is 3. The lowest BCUT2D eigenvalue weighted by Crippen LogP contribution is -2.16. The summed E-state index contributed by atoms with van der Waals surface area (Å²) in [4.78, 5) is 44.2. The zero-order valence-corrected chi connectivity index (χ0v) is 23.9. The topological polar surface area (TPSA) is 130 Å². The third-order valence-electron chi connectivity index (χ3n) is 6.58. The summed E-state index contributed by atoms with van der Waals surface area (Å²) >= 11 is 1.17. The average molecular weight is 582 g/mol. The number of hydrogen-bond acceptors (Lipinski definition) is 9. The van der Waals surface area contributed by atoms with E-state index in [9.17, 15) is 14.4 Å². The first-order valence-corrected chi connectivity index (χ1v) is 13.7. The fourth-order valence-electron chi connectivity index (χ4n) is 4.24. The zero-order chi connectivity index (χ0) is 29.8. The van der Waals surface area contributed by atoms with E-state index in [-0.39, 0.29) is 21.9 Å². The van der Waals surface area contributed by atoms with Crippen LogP contribution in [0.2, 0.25) is 0 Å². The SMILES string of the molecule is COc1ccc(C(=O)COC(=O)c2ccc(OC)c(NC(=O)c3sc4nc(-c5ccc(C)cc5)ccc4c3N)c2)cc1. The van der Waals surface area contributed by atoms with Crippen molar-refractivity contribution in [3.63, 3.8) is 0 Å².